The number of aromatic amines is 1. The maximum Gasteiger partial charge on any atom is 0.226 e. The molecule has 4 nitrogen and oxygen atoms in total. The number of hydrogen-bond donors (Lipinski definition) is 1. The van der Waals surface area contributed by atoms with Gasteiger partial charge in [0.1, 0.15) is 11.5 Å². The molecule has 0 amide bonds. The second-order valence-corrected chi connectivity index (χ2v) is 4.85. The summed E-state index contributed by atoms with van der Waals surface area (Å²) in [4.78, 5) is 10.9. The Kier molecular flexibility index (Phi) is 3.06. The lowest BCUT2D eigenvalue weighted by Crippen LogP contribution is -1.95. The van der Waals surface area contributed by atoms with Crippen LogP contribution in [0.3, 0.4) is 0 Å². The minimum atomic E-state index is -0.430. The van der Waals surface area contributed by atoms with Crippen LogP contribution in [0.15, 0.2) is 24.5 Å². The van der Waals surface area contributed by atoms with Gasteiger partial charge in [-0.1, -0.05) is 11.6 Å². The standard InChI is InChI=1S/C14H11ClFN3O/c1-7-5-9-10(19-7)3-4-11(12(9)16)20-14-8(2)13(15)17-6-18-14/h3-6,19H,1-2H3. The van der Waals surface area contributed by atoms with Crippen LogP contribution in [0.4, 0.5) is 4.39 Å². The van der Waals surface area contributed by atoms with Gasteiger partial charge in [0.15, 0.2) is 11.6 Å². The number of fused-ring (bicyclic) bond motifs is 1. The molecule has 0 aliphatic rings. The van der Waals surface area contributed by atoms with Crippen LogP contribution < -0.4 is 4.74 Å². The summed E-state index contributed by atoms with van der Waals surface area (Å²) in [6.45, 7) is 3.59. The van der Waals surface area contributed by atoms with Gasteiger partial charge in [-0.3, -0.25) is 0 Å². The summed E-state index contributed by atoms with van der Waals surface area (Å²) < 4.78 is 19.9. The van der Waals surface area contributed by atoms with Crippen molar-refractivity contribution in [2.45, 2.75) is 13.8 Å². The molecule has 0 aliphatic heterocycles. The maximum absolute atomic E-state index is 14.4. The third-order valence-electron chi connectivity index (χ3n) is 3.02. The molecule has 0 unspecified atom stereocenters. The van der Waals surface area contributed by atoms with Crippen molar-refractivity contribution in [1.82, 2.24) is 15.0 Å². The number of aryl methyl sites for hydroxylation is 1. The average molecular weight is 292 g/mol. The van der Waals surface area contributed by atoms with E-state index in [1.54, 1.807) is 25.1 Å². The van der Waals surface area contributed by atoms with E-state index in [0.29, 0.717) is 10.9 Å². The predicted octanol–water partition coefficient (Wildman–Crippen LogP) is 4.16. The van der Waals surface area contributed by atoms with Crippen molar-refractivity contribution in [3.05, 3.63) is 46.8 Å². The fourth-order valence-corrected chi connectivity index (χ4v) is 2.11. The molecular formula is C14H11ClFN3O. The Morgan fingerprint density at radius 1 is 1.25 bits per heavy atom. The molecule has 2 heterocycles. The second-order valence-electron chi connectivity index (χ2n) is 4.49. The highest BCUT2D eigenvalue weighted by molar-refractivity contribution is 6.30. The van der Waals surface area contributed by atoms with Gasteiger partial charge in [0.25, 0.3) is 0 Å². The van der Waals surface area contributed by atoms with Crippen molar-refractivity contribution in [2.75, 3.05) is 0 Å². The molecule has 0 saturated heterocycles. The highest BCUT2D eigenvalue weighted by atomic mass is 35.5. The smallest absolute Gasteiger partial charge is 0.226 e. The highest BCUT2D eigenvalue weighted by Crippen LogP contribution is 2.31. The molecule has 1 N–H and O–H groups in total. The van der Waals surface area contributed by atoms with E-state index in [2.05, 4.69) is 15.0 Å². The fourth-order valence-electron chi connectivity index (χ4n) is 1.99. The van der Waals surface area contributed by atoms with Gasteiger partial charge in [0.2, 0.25) is 5.88 Å². The normalized spacial score (nSPS) is 11.0. The first-order valence-electron chi connectivity index (χ1n) is 5.99. The quantitative estimate of drug-likeness (QED) is 0.721. The highest BCUT2D eigenvalue weighted by Gasteiger charge is 2.14. The van der Waals surface area contributed by atoms with E-state index >= 15 is 0 Å². The summed E-state index contributed by atoms with van der Waals surface area (Å²) in [6, 6.07) is 5.05. The van der Waals surface area contributed by atoms with Gasteiger partial charge in [-0.25, -0.2) is 14.4 Å². The molecule has 1 aromatic carbocycles. The SMILES string of the molecule is Cc1cc2c(F)c(Oc3ncnc(Cl)c3C)ccc2[nH]1. The van der Waals surface area contributed by atoms with Gasteiger partial charge in [-0.05, 0) is 32.0 Å². The topological polar surface area (TPSA) is 50.8 Å². The Bertz CT molecular complexity index is 800. The molecule has 102 valence electrons. The number of benzene rings is 1. The lowest BCUT2D eigenvalue weighted by atomic mass is 10.2. The molecule has 0 fully saturated rings. The van der Waals surface area contributed by atoms with Gasteiger partial charge >= 0.3 is 0 Å². The predicted molar refractivity (Wildman–Crippen MR) is 74.8 cm³/mol. The van der Waals surface area contributed by atoms with Gasteiger partial charge in [0.05, 0.1) is 0 Å². The summed E-state index contributed by atoms with van der Waals surface area (Å²) in [6.07, 6.45) is 1.28. The molecule has 0 bridgehead atoms. The molecule has 0 spiro atoms. The molecule has 0 radical (unpaired) electrons. The van der Waals surface area contributed by atoms with E-state index in [-0.39, 0.29) is 16.8 Å². The van der Waals surface area contributed by atoms with Crippen LogP contribution in [0.2, 0.25) is 5.15 Å². The van der Waals surface area contributed by atoms with Crippen LogP contribution in [0.1, 0.15) is 11.3 Å². The van der Waals surface area contributed by atoms with Crippen LogP contribution in [0.25, 0.3) is 10.9 Å². The van der Waals surface area contributed by atoms with E-state index in [1.807, 2.05) is 6.92 Å². The Balaban J connectivity index is 2.06. The van der Waals surface area contributed by atoms with Gasteiger partial charge in [-0.2, -0.15) is 0 Å². The van der Waals surface area contributed by atoms with Crippen molar-refractivity contribution in [2.24, 2.45) is 0 Å². The molecule has 0 atom stereocenters. The molecule has 2 aromatic heterocycles. The molecule has 0 aliphatic carbocycles. The molecule has 20 heavy (non-hydrogen) atoms. The Morgan fingerprint density at radius 3 is 2.85 bits per heavy atom. The number of rotatable bonds is 2. The van der Waals surface area contributed by atoms with E-state index in [1.165, 1.54) is 6.33 Å². The van der Waals surface area contributed by atoms with Gasteiger partial charge in [0, 0.05) is 22.2 Å². The zero-order valence-corrected chi connectivity index (χ0v) is 11.6. The minimum Gasteiger partial charge on any atom is -0.435 e. The van der Waals surface area contributed by atoms with Crippen LogP contribution in [-0.4, -0.2) is 15.0 Å². The molecule has 3 aromatic rings. The van der Waals surface area contributed by atoms with Crippen LogP contribution in [-0.2, 0) is 0 Å². The summed E-state index contributed by atoms with van der Waals surface area (Å²) in [5.74, 6) is -0.0779. The van der Waals surface area contributed by atoms with Gasteiger partial charge in [-0.15, -0.1) is 0 Å². The second kappa shape index (κ2) is 4.76. The molecule has 6 heteroatoms. The van der Waals surface area contributed by atoms with E-state index in [9.17, 15) is 4.39 Å². The number of aromatic nitrogens is 3. The van der Waals surface area contributed by atoms with Crippen molar-refractivity contribution in [3.63, 3.8) is 0 Å². The molecule has 0 saturated carbocycles. The zero-order chi connectivity index (χ0) is 14.3. The Labute approximate surface area is 119 Å². The van der Waals surface area contributed by atoms with E-state index in [4.69, 9.17) is 16.3 Å². The first kappa shape index (κ1) is 12.9. The minimum absolute atomic E-state index is 0.106. The Hall–Kier alpha value is -2.14. The van der Waals surface area contributed by atoms with Crippen molar-refractivity contribution < 1.29 is 9.13 Å². The number of nitrogens with one attached hydrogen (secondary N) is 1. The fraction of sp³-hybridized carbons (Fsp3) is 0.143. The van der Waals surface area contributed by atoms with Crippen LogP contribution in [0, 0.1) is 19.7 Å². The number of ether oxygens (including phenoxy) is 1. The first-order chi connectivity index (χ1) is 9.56. The first-order valence-corrected chi connectivity index (χ1v) is 6.37. The van der Waals surface area contributed by atoms with E-state index < -0.39 is 5.82 Å². The third kappa shape index (κ3) is 2.10. The summed E-state index contributed by atoms with van der Waals surface area (Å²) in [5, 5.41) is 0.770. The van der Waals surface area contributed by atoms with Crippen LogP contribution >= 0.6 is 11.6 Å². The summed E-state index contributed by atoms with van der Waals surface area (Å²) in [5.41, 5.74) is 2.18. The molecular weight excluding hydrogens is 281 g/mol. The van der Waals surface area contributed by atoms with Gasteiger partial charge < -0.3 is 9.72 Å². The maximum atomic E-state index is 14.4. The zero-order valence-electron chi connectivity index (χ0n) is 10.9. The molecule has 3 rings (SSSR count). The summed E-state index contributed by atoms with van der Waals surface area (Å²) in [7, 11) is 0. The lowest BCUT2D eigenvalue weighted by molar-refractivity contribution is 0.426. The lowest BCUT2D eigenvalue weighted by Gasteiger charge is -2.08. The summed E-state index contributed by atoms with van der Waals surface area (Å²) >= 11 is 5.89. The number of halogens is 2. The number of H-pyrrole nitrogens is 1. The van der Waals surface area contributed by atoms with Crippen molar-refractivity contribution in [3.8, 4) is 11.6 Å². The monoisotopic (exact) mass is 291 g/mol. The number of nitrogens with zero attached hydrogens (tertiary/aromatic N) is 2. The number of hydrogen-bond acceptors (Lipinski definition) is 3. The van der Waals surface area contributed by atoms with Crippen molar-refractivity contribution >= 4 is 22.5 Å². The van der Waals surface area contributed by atoms with Crippen molar-refractivity contribution in [1.29, 1.82) is 0 Å². The van der Waals surface area contributed by atoms with E-state index in [0.717, 1.165) is 11.2 Å². The average Bonchev–Trinajstić information content (AvgIpc) is 2.80. The Morgan fingerprint density at radius 2 is 2.05 bits per heavy atom. The largest absolute Gasteiger partial charge is 0.435 e. The third-order valence-corrected chi connectivity index (χ3v) is 3.40. The van der Waals surface area contributed by atoms with Crippen LogP contribution in [0.5, 0.6) is 11.6 Å².